The second kappa shape index (κ2) is 8.39. The lowest BCUT2D eigenvalue weighted by Crippen LogP contribution is -2.39. The van der Waals surface area contributed by atoms with Crippen molar-refractivity contribution in [2.24, 2.45) is 14.1 Å². The van der Waals surface area contributed by atoms with Crippen LogP contribution in [0.2, 0.25) is 0 Å². The highest BCUT2D eigenvalue weighted by molar-refractivity contribution is 5.74. The highest BCUT2D eigenvalue weighted by atomic mass is 19.1. The average Bonchev–Trinajstić information content (AvgIpc) is 3.01. The van der Waals surface area contributed by atoms with E-state index in [0.29, 0.717) is 42.4 Å². The van der Waals surface area contributed by atoms with E-state index in [4.69, 9.17) is 4.74 Å². The molecule has 0 aliphatic heterocycles. The van der Waals surface area contributed by atoms with E-state index in [9.17, 15) is 14.0 Å². The molecule has 0 bridgehead atoms. The van der Waals surface area contributed by atoms with Crippen molar-refractivity contribution in [3.05, 3.63) is 56.5 Å². The summed E-state index contributed by atoms with van der Waals surface area (Å²) in [7, 11) is 3.31. The van der Waals surface area contributed by atoms with Crippen LogP contribution in [0.4, 0.5) is 10.3 Å². The fraction of sp³-hybridized carbons (Fsp3) is 0.421. The summed E-state index contributed by atoms with van der Waals surface area (Å²) in [5.74, 6) is 0.143. The van der Waals surface area contributed by atoms with E-state index in [1.807, 2.05) is 6.92 Å². The molecule has 0 spiro atoms. The first kappa shape index (κ1) is 19.8. The number of anilines is 1. The van der Waals surface area contributed by atoms with Gasteiger partial charge >= 0.3 is 5.69 Å². The van der Waals surface area contributed by atoms with Gasteiger partial charge in [0.25, 0.3) is 5.56 Å². The highest BCUT2D eigenvalue weighted by Crippen LogP contribution is 2.13. The van der Waals surface area contributed by atoms with Crippen molar-refractivity contribution in [2.45, 2.75) is 19.9 Å². The van der Waals surface area contributed by atoms with Crippen LogP contribution in [-0.2, 0) is 25.4 Å². The van der Waals surface area contributed by atoms with Gasteiger partial charge in [0, 0.05) is 33.9 Å². The van der Waals surface area contributed by atoms with Gasteiger partial charge in [0.1, 0.15) is 5.82 Å². The van der Waals surface area contributed by atoms with Crippen LogP contribution in [-0.4, -0.2) is 38.4 Å². The maximum atomic E-state index is 13.1. The molecule has 0 unspecified atom stereocenters. The Morgan fingerprint density at radius 3 is 2.54 bits per heavy atom. The first-order chi connectivity index (χ1) is 13.4. The fourth-order valence-corrected chi connectivity index (χ4v) is 3.03. The van der Waals surface area contributed by atoms with Crippen LogP contribution in [0, 0.1) is 5.82 Å². The normalized spacial score (nSPS) is 11.3. The third-order valence-corrected chi connectivity index (χ3v) is 4.57. The van der Waals surface area contributed by atoms with Gasteiger partial charge in [0.05, 0.1) is 6.54 Å². The number of rotatable bonds is 8. The van der Waals surface area contributed by atoms with Crippen molar-refractivity contribution in [3.63, 3.8) is 0 Å². The van der Waals surface area contributed by atoms with Gasteiger partial charge in [0.15, 0.2) is 11.2 Å². The first-order valence-electron chi connectivity index (χ1n) is 9.16. The molecule has 0 atom stereocenters. The number of hydrogen-bond donors (Lipinski definition) is 1. The lowest BCUT2D eigenvalue weighted by molar-refractivity contribution is 0.147. The van der Waals surface area contributed by atoms with Gasteiger partial charge in [-0.05, 0) is 31.0 Å². The lowest BCUT2D eigenvalue weighted by atomic mass is 10.2. The summed E-state index contributed by atoms with van der Waals surface area (Å²) in [6.07, 6.45) is 0.796. The molecular weight excluding hydrogens is 365 g/mol. The van der Waals surface area contributed by atoms with Gasteiger partial charge in [-0.25, -0.2) is 9.18 Å². The maximum Gasteiger partial charge on any atom is 0.332 e. The number of halogens is 1. The van der Waals surface area contributed by atoms with Crippen LogP contribution in [0.3, 0.4) is 0 Å². The molecule has 8 nitrogen and oxygen atoms in total. The molecule has 2 aromatic heterocycles. The monoisotopic (exact) mass is 389 g/mol. The van der Waals surface area contributed by atoms with Crippen molar-refractivity contribution < 1.29 is 9.13 Å². The van der Waals surface area contributed by atoms with Gasteiger partial charge in [-0.15, -0.1) is 0 Å². The van der Waals surface area contributed by atoms with Gasteiger partial charge < -0.3 is 14.6 Å². The zero-order valence-corrected chi connectivity index (χ0v) is 16.2. The third-order valence-electron chi connectivity index (χ3n) is 4.57. The Balaban J connectivity index is 1.96. The predicted octanol–water partition coefficient (Wildman–Crippen LogP) is 1.46. The van der Waals surface area contributed by atoms with E-state index in [-0.39, 0.29) is 12.4 Å². The summed E-state index contributed by atoms with van der Waals surface area (Å²) >= 11 is 0. The smallest absolute Gasteiger partial charge is 0.332 e. The minimum Gasteiger partial charge on any atom is -0.382 e. The highest BCUT2D eigenvalue weighted by Gasteiger charge is 2.18. The van der Waals surface area contributed by atoms with Crippen molar-refractivity contribution in [1.82, 2.24) is 18.7 Å². The molecule has 150 valence electrons. The van der Waals surface area contributed by atoms with Gasteiger partial charge in [-0.1, -0.05) is 12.1 Å². The number of hydrogen-bond acceptors (Lipinski definition) is 5. The van der Waals surface area contributed by atoms with Crippen molar-refractivity contribution in [2.75, 3.05) is 25.1 Å². The second-order valence-corrected chi connectivity index (χ2v) is 6.50. The summed E-state index contributed by atoms with van der Waals surface area (Å²) in [6.45, 7) is 3.94. The Labute approximate surface area is 161 Å². The summed E-state index contributed by atoms with van der Waals surface area (Å²) in [6, 6.07) is 5.72. The summed E-state index contributed by atoms with van der Waals surface area (Å²) in [5.41, 5.74) is 0.413. The molecule has 0 fully saturated rings. The van der Waals surface area contributed by atoms with Gasteiger partial charge in [0.2, 0.25) is 5.95 Å². The number of benzene rings is 1. The molecule has 0 radical (unpaired) electrons. The summed E-state index contributed by atoms with van der Waals surface area (Å²) < 4.78 is 22.6. The van der Waals surface area contributed by atoms with E-state index in [1.54, 1.807) is 30.8 Å². The Morgan fingerprint density at radius 2 is 1.86 bits per heavy atom. The minimum atomic E-state index is -0.470. The number of nitrogens with one attached hydrogen (secondary N) is 1. The topological polar surface area (TPSA) is 83.1 Å². The van der Waals surface area contributed by atoms with E-state index < -0.39 is 11.2 Å². The third kappa shape index (κ3) is 3.84. The largest absolute Gasteiger partial charge is 0.382 e. The molecule has 0 aliphatic rings. The molecule has 1 aromatic carbocycles. The first-order valence-corrected chi connectivity index (χ1v) is 9.16. The Hall–Kier alpha value is -2.94. The van der Waals surface area contributed by atoms with Crippen LogP contribution in [0.5, 0.6) is 0 Å². The number of ether oxygens (including phenoxy) is 1. The van der Waals surface area contributed by atoms with Crippen LogP contribution >= 0.6 is 0 Å². The van der Waals surface area contributed by atoms with Crippen molar-refractivity contribution in [1.29, 1.82) is 0 Å². The molecule has 1 N–H and O–H groups in total. The second-order valence-electron chi connectivity index (χ2n) is 6.50. The predicted molar refractivity (Wildman–Crippen MR) is 105 cm³/mol. The van der Waals surface area contributed by atoms with E-state index in [2.05, 4.69) is 10.3 Å². The van der Waals surface area contributed by atoms with Crippen LogP contribution in [0.1, 0.15) is 18.9 Å². The zero-order valence-electron chi connectivity index (χ0n) is 16.2. The Kier molecular flexibility index (Phi) is 5.93. The molecule has 0 saturated carbocycles. The zero-order chi connectivity index (χ0) is 20.3. The summed E-state index contributed by atoms with van der Waals surface area (Å²) in [5, 5.41) is 3.18. The van der Waals surface area contributed by atoms with Crippen molar-refractivity contribution in [3.8, 4) is 0 Å². The van der Waals surface area contributed by atoms with Gasteiger partial charge in [-0.2, -0.15) is 4.98 Å². The fourth-order valence-electron chi connectivity index (χ4n) is 3.03. The molecule has 3 aromatic rings. The molecule has 0 saturated heterocycles. The Bertz CT molecular complexity index is 1080. The van der Waals surface area contributed by atoms with Crippen LogP contribution in [0.15, 0.2) is 33.9 Å². The van der Waals surface area contributed by atoms with E-state index in [1.165, 1.54) is 16.7 Å². The van der Waals surface area contributed by atoms with Crippen LogP contribution in [0.25, 0.3) is 11.2 Å². The SMILES string of the molecule is CCOCCCNc1nc2c(c(=O)n(Cc3ccc(F)cc3)c(=O)n2C)n1C. The maximum absolute atomic E-state index is 13.1. The standard InChI is InChI=1S/C19H24FN5O3/c1-4-28-11-5-10-21-18-22-16-15(23(18)2)17(26)25(19(27)24(16)3)12-13-6-8-14(20)9-7-13/h6-9H,4-5,10-12H2,1-3H3,(H,21,22). The molecule has 9 heteroatoms. The number of aryl methyl sites for hydroxylation is 2. The quantitative estimate of drug-likeness (QED) is 0.590. The molecule has 0 aliphatic carbocycles. The number of imidazole rings is 1. The Morgan fingerprint density at radius 1 is 1.14 bits per heavy atom. The molecular formula is C19H24FN5O3. The summed E-state index contributed by atoms with van der Waals surface area (Å²) in [4.78, 5) is 30.1. The molecule has 2 heterocycles. The lowest BCUT2D eigenvalue weighted by Gasteiger charge is -2.09. The van der Waals surface area contributed by atoms with E-state index in [0.717, 1.165) is 11.0 Å². The van der Waals surface area contributed by atoms with Crippen molar-refractivity contribution >= 4 is 17.1 Å². The molecule has 3 rings (SSSR count). The molecule has 28 heavy (non-hydrogen) atoms. The molecule has 0 amide bonds. The minimum absolute atomic E-state index is 0.0595. The number of fused-ring (bicyclic) bond motifs is 1. The average molecular weight is 389 g/mol. The number of aromatic nitrogens is 4. The van der Waals surface area contributed by atoms with E-state index >= 15 is 0 Å². The van der Waals surface area contributed by atoms with Crippen LogP contribution < -0.4 is 16.6 Å². The number of nitrogens with zero attached hydrogens (tertiary/aromatic N) is 4. The van der Waals surface area contributed by atoms with Gasteiger partial charge in [-0.3, -0.25) is 13.9 Å².